The van der Waals surface area contributed by atoms with Gasteiger partial charge >= 0.3 is 0 Å². The maximum absolute atomic E-state index is 5.19. The zero-order chi connectivity index (χ0) is 16.3. The van der Waals surface area contributed by atoms with Gasteiger partial charge in [-0.15, -0.1) is 6.58 Å². The summed E-state index contributed by atoms with van der Waals surface area (Å²) >= 11 is 5.19. The van der Waals surface area contributed by atoms with Crippen LogP contribution in [0, 0.1) is 0 Å². The molecule has 4 heteroatoms. The second kappa shape index (κ2) is 9.54. The minimum Gasteiger partial charge on any atom is -0.358 e. The fourth-order valence-electron chi connectivity index (χ4n) is 2.14. The summed E-state index contributed by atoms with van der Waals surface area (Å²) in [6.07, 6.45) is 3.33. The van der Waals surface area contributed by atoms with Crippen LogP contribution in [0.15, 0.2) is 78.4 Å². The second-order valence-electron chi connectivity index (χ2n) is 5.11. The minimum atomic E-state index is 0.503. The van der Waals surface area contributed by atoms with E-state index in [1.807, 2.05) is 36.4 Å². The van der Waals surface area contributed by atoms with Gasteiger partial charge in [0.1, 0.15) is 0 Å². The molecular weight excluding hydrogens is 302 g/mol. The summed E-state index contributed by atoms with van der Waals surface area (Å²) < 4.78 is 0. The van der Waals surface area contributed by atoms with Crippen LogP contribution in [0.3, 0.4) is 0 Å². The van der Waals surface area contributed by atoms with Gasteiger partial charge in [-0.3, -0.25) is 5.43 Å². The van der Waals surface area contributed by atoms with Gasteiger partial charge in [-0.2, -0.15) is 5.10 Å². The average Bonchev–Trinajstić information content (AvgIpc) is 2.59. The van der Waals surface area contributed by atoms with Crippen molar-refractivity contribution in [3.8, 4) is 0 Å². The Labute approximate surface area is 143 Å². The summed E-state index contributed by atoms with van der Waals surface area (Å²) in [6.45, 7) is 4.27. The Morgan fingerprint density at radius 1 is 0.957 bits per heavy atom. The third-order valence-electron chi connectivity index (χ3n) is 3.22. The van der Waals surface area contributed by atoms with Crippen LogP contribution in [0.4, 0.5) is 0 Å². The molecule has 0 amide bonds. The Balaban J connectivity index is 2.07. The minimum absolute atomic E-state index is 0.503. The van der Waals surface area contributed by atoms with E-state index in [4.69, 9.17) is 12.2 Å². The molecule has 23 heavy (non-hydrogen) atoms. The Bertz CT molecular complexity index is 607. The molecule has 0 aliphatic rings. The van der Waals surface area contributed by atoms with E-state index in [-0.39, 0.29) is 0 Å². The molecule has 0 aliphatic carbocycles. The fourth-order valence-corrected chi connectivity index (χ4v) is 2.27. The molecule has 0 aromatic heterocycles. The third-order valence-corrected chi connectivity index (χ3v) is 3.46. The van der Waals surface area contributed by atoms with Gasteiger partial charge < -0.3 is 5.32 Å². The van der Waals surface area contributed by atoms with Crippen LogP contribution in [0.1, 0.15) is 11.1 Å². The molecule has 0 spiro atoms. The average molecular weight is 323 g/mol. The summed E-state index contributed by atoms with van der Waals surface area (Å²) in [5, 5.41) is 8.01. The normalized spacial score (nSPS) is 9.74. The van der Waals surface area contributed by atoms with Gasteiger partial charge in [0.25, 0.3) is 0 Å². The molecule has 0 bridgehead atoms. The lowest BCUT2D eigenvalue weighted by Gasteiger charge is -2.10. The first-order valence-corrected chi connectivity index (χ1v) is 7.97. The van der Waals surface area contributed by atoms with Gasteiger partial charge in [0.2, 0.25) is 0 Å². The van der Waals surface area contributed by atoms with E-state index in [1.54, 1.807) is 6.08 Å². The van der Waals surface area contributed by atoms with Crippen LogP contribution < -0.4 is 10.7 Å². The molecule has 2 rings (SSSR count). The number of nitrogens with one attached hydrogen (secondary N) is 2. The maximum Gasteiger partial charge on any atom is 0.187 e. The Morgan fingerprint density at radius 2 is 1.48 bits per heavy atom. The molecule has 0 heterocycles. The molecule has 0 saturated heterocycles. The van der Waals surface area contributed by atoms with Crippen molar-refractivity contribution in [2.24, 2.45) is 5.10 Å². The molecule has 2 aromatic carbocycles. The Kier molecular flexibility index (Phi) is 7.01. The van der Waals surface area contributed by atoms with Crippen LogP contribution in [-0.2, 0) is 12.8 Å². The van der Waals surface area contributed by atoms with E-state index in [2.05, 4.69) is 46.7 Å². The van der Waals surface area contributed by atoms with E-state index in [0.29, 0.717) is 11.7 Å². The van der Waals surface area contributed by atoms with Crippen LogP contribution in [-0.4, -0.2) is 17.4 Å². The summed E-state index contributed by atoms with van der Waals surface area (Å²) in [4.78, 5) is 0. The molecule has 0 saturated carbocycles. The largest absolute Gasteiger partial charge is 0.358 e. The van der Waals surface area contributed by atoms with Gasteiger partial charge in [-0.25, -0.2) is 0 Å². The van der Waals surface area contributed by atoms with Crippen molar-refractivity contribution in [2.45, 2.75) is 12.8 Å². The molecule has 0 radical (unpaired) electrons. The maximum atomic E-state index is 5.19. The van der Waals surface area contributed by atoms with Crippen molar-refractivity contribution < 1.29 is 0 Å². The molecule has 0 aliphatic heterocycles. The van der Waals surface area contributed by atoms with E-state index >= 15 is 0 Å². The first-order valence-electron chi connectivity index (χ1n) is 7.56. The van der Waals surface area contributed by atoms with Crippen LogP contribution in [0.2, 0.25) is 0 Å². The number of hydrazone groups is 1. The highest BCUT2D eigenvalue weighted by molar-refractivity contribution is 7.80. The third kappa shape index (κ3) is 6.45. The van der Waals surface area contributed by atoms with Gasteiger partial charge in [-0.1, -0.05) is 66.7 Å². The predicted molar refractivity (Wildman–Crippen MR) is 102 cm³/mol. The van der Waals surface area contributed by atoms with Crippen molar-refractivity contribution in [2.75, 3.05) is 6.54 Å². The predicted octanol–water partition coefficient (Wildman–Crippen LogP) is 3.48. The number of hydrogen-bond acceptors (Lipinski definition) is 2. The smallest absolute Gasteiger partial charge is 0.187 e. The Morgan fingerprint density at radius 3 is 1.96 bits per heavy atom. The molecule has 0 unspecified atom stereocenters. The van der Waals surface area contributed by atoms with Crippen molar-refractivity contribution in [3.05, 3.63) is 84.4 Å². The van der Waals surface area contributed by atoms with Crippen LogP contribution in [0.5, 0.6) is 0 Å². The van der Waals surface area contributed by atoms with Crippen LogP contribution in [0.25, 0.3) is 0 Å². The second-order valence-corrected chi connectivity index (χ2v) is 5.52. The lowest BCUT2D eigenvalue weighted by atomic mass is 10.0. The van der Waals surface area contributed by atoms with E-state index in [1.165, 1.54) is 11.1 Å². The summed E-state index contributed by atoms with van der Waals surface area (Å²) in [7, 11) is 0. The lowest BCUT2D eigenvalue weighted by molar-refractivity contribution is 0.925. The number of benzene rings is 2. The zero-order valence-electron chi connectivity index (χ0n) is 13.0. The number of nitrogens with zero attached hydrogens (tertiary/aromatic N) is 1. The van der Waals surface area contributed by atoms with Gasteiger partial charge in [0, 0.05) is 25.1 Å². The molecule has 0 fully saturated rings. The van der Waals surface area contributed by atoms with E-state index in [9.17, 15) is 0 Å². The summed E-state index contributed by atoms with van der Waals surface area (Å²) in [5.41, 5.74) is 6.41. The van der Waals surface area contributed by atoms with Crippen molar-refractivity contribution in [1.29, 1.82) is 0 Å². The van der Waals surface area contributed by atoms with Crippen molar-refractivity contribution >= 4 is 23.0 Å². The summed E-state index contributed by atoms with van der Waals surface area (Å²) in [5.74, 6) is 0. The van der Waals surface area contributed by atoms with E-state index < -0.39 is 0 Å². The highest BCUT2D eigenvalue weighted by Crippen LogP contribution is 2.07. The van der Waals surface area contributed by atoms with Crippen molar-refractivity contribution in [3.63, 3.8) is 0 Å². The molecule has 2 N–H and O–H groups in total. The molecule has 0 atom stereocenters. The van der Waals surface area contributed by atoms with Gasteiger partial charge in [0.05, 0.1) is 0 Å². The highest BCUT2D eigenvalue weighted by Gasteiger charge is 2.04. The Hall–Kier alpha value is -2.46. The van der Waals surface area contributed by atoms with E-state index in [0.717, 1.165) is 18.6 Å². The SMILES string of the molecule is C=CCNC(=S)NN=C(Cc1ccccc1)Cc1ccccc1. The van der Waals surface area contributed by atoms with Gasteiger partial charge in [-0.05, 0) is 23.3 Å². The zero-order valence-corrected chi connectivity index (χ0v) is 13.9. The quantitative estimate of drug-likeness (QED) is 0.354. The number of rotatable bonds is 7. The summed E-state index contributed by atoms with van der Waals surface area (Å²) in [6, 6.07) is 20.6. The topological polar surface area (TPSA) is 36.4 Å². The first-order chi connectivity index (χ1) is 11.3. The highest BCUT2D eigenvalue weighted by atomic mass is 32.1. The molecule has 118 valence electrons. The first kappa shape index (κ1) is 16.9. The fraction of sp³-hybridized carbons (Fsp3) is 0.158. The number of hydrogen-bond donors (Lipinski definition) is 2. The van der Waals surface area contributed by atoms with Crippen molar-refractivity contribution in [1.82, 2.24) is 10.7 Å². The van der Waals surface area contributed by atoms with Crippen LogP contribution >= 0.6 is 12.2 Å². The van der Waals surface area contributed by atoms with Gasteiger partial charge in [0.15, 0.2) is 5.11 Å². The number of thiocarbonyl (C=S) groups is 1. The molecule has 3 nitrogen and oxygen atoms in total. The molecular formula is C19H21N3S. The monoisotopic (exact) mass is 323 g/mol. The standard InChI is InChI=1S/C19H21N3S/c1-2-13-20-19(23)22-21-18(14-16-9-5-3-6-10-16)15-17-11-7-4-8-12-17/h2-12H,1,13-15H2,(H2,20,22,23). The lowest BCUT2D eigenvalue weighted by Crippen LogP contribution is -2.33. The molecule has 2 aromatic rings.